The normalized spacial score (nSPS) is 15.8. The van der Waals surface area contributed by atoms with E-state index in [4.69, 9.17) is 18.2 Å². The molecule has 2 aromatic carbocycles. The van der Waals surface area contributed by atoms with Gasteiger partial charge in [-0.25, -0.2) is 18.9 Å². The van der Waals surface area contributed by atoms with E-state index in [0.29, 0.717) is 35.6 Å². The fourth-order valence-corrected chi connectivity index (χ4v) is 5.07. The first-order valence-electron chi connectivity index (χ1n) is 11.8. The number of nitrogens with one attached hydrogen (secondary N) is 1. The van der Waals surface area contributed by atoms with Crippen molar-refractivity contribution >= 4 is 34.1 Å². The maximum Gasteiger partial charge on any atom is 0.274 e. The van der Waals surface area contributed by atoms with E-state index in [1.807, 2.05) is 7.05 Å². The minimum atomic E-state index is -0.708. The zero-order chi connectivity index (χ0) is 26.4. The largest absolute Gasteiger partial charge is 0.336 e. The number of amides is 1. The number of aromatic nitrogens is 4. The number of carbonyl (C=O) groups is 1. The Morgan fingerprint density at radius 3 is 2.76 bits per heavy atom. The number of piperidine rings is 1. The van der Waals surface area contributed by atoms with Crippen LogP contribution >= 0.6 is 11.6 Å². The predicted molar refractivity (Wildman–Crippen MR) is 137 cm³/mol. The molecule has 1 atom stereocenters. The Hall–Kier alpha value is -3.81. The van der Waals surface area contributed by atoms with E-state index in [0.717, 1.165) is 17.5 Å². The molecule has 4 aromatic rings. The van der Waals surface area contributed by atoms with E-state index < -0.39 is 11.8 Å². The molecule has 37 heavy (non-hydrogen) atoms. The Bertz CT molecular complexity index is 1590. The van der Waals surface area contributed by atoms with E-state index in [1.54, 1.807) is 34.6 Å². The minimum Gasteiger partial charge on any atom is -0.336 e. The first-order chi connectivity index (χ1) is 17.7. The van der Waals surface area contributed by atoms with Crippen LogP contribution in [0.3, 0.4) is 0 Å². The summed E-state index contributed by atoms with van der Waals surface area (Å²) in [5.41, 5.74) is 1.65. The molecule has 0 aliphatic carbocycles. The van der Waals surface area contributed by atoms with Gasteiger partial charge in [0.25, 0.3) is 5.91 Å². The second-order valence-electron chi connectivity index (χ2n) is 9.10. The lowest BCUT2D eigenvalue weighted by Crippen LogP contribution is -2.47. The number of rotatable bonds is 4. The van der Waals surface area contributed by atoms with Gasteiger partial charge in [-0.15, -0.1) is 0 Å². The fourth-order valence-electron chi connectivity index (χ4n) is 4.83. The molecule has 190 valence electrons. The smallest absolute Gasteiger partial charge is 0.274 e. The molecule has 1 aliphatic heterocycles. The van der Waals surface area contributed by atoms with Gasteiger partial charge in [0.1, 0.15) is 17.3 Å². The summed E-state index contributed by atoms with van der Waals surface area (Å²) in [4.78, 5) is 23.2. The zero-order valence-electron chi connectivity index (χ0n) is 20.5. The van der Waals surface area contributed by atoms with Gasteiger partial charge in [0.05, 0.1) is 33.9 Å². The molecule has 1 amide bonds. The van der Waals surface area contributed by atoms with E-state index in [2.05, 4.69) is 20.2 Å². The van der Waals surface area contributed by atoms with Crippen LogP contribution < -0.4 is 5.32 Å². The van der Waals surface area contributed by atoms with Crippen molar-refractivity contribution in [1.29, 1.82) is 0 Å². The molecule has 1 fully saturated rings. The molecule has 3 heterocycles. The van der Waals surface area contributed by atoms with Crippen molar-refractivity contribution in [3.8, 4) is 17.1 Å². The number of halogens is 3. The number of hydrogen-bond donors (Lipinski definition) is 1. The monoisotopic (exact) mass is 523 g/mol. The average Bonchev–Trinajstić information content (AvgIpc) is 3.38. The number of imidazole rings is 1. The maximum absolute atomic E-state index is 14.8. The van der Waals surface area contributed by atoms with Gasteiger partial charge in [-0.3, -0.25) is 9.36 Å². The summed E-state index contributed by atoms with van der Waals surface area (Å²) < 4.78 is 32.2. The number of nitrogens with zero attached hydrogens (tertiary/aromatic N) is 6. The molecule has 2 aromatic heterocycles. The Labute approximate surface area is 217 Å². The van der Waals surface area contributed by atoms with E-state index in [1.165, 1.54) is 19.2 Å². The first-order valence-corrected chi connectivity index (χ1v) is 12.2. The van der Waals surface area contributed by atoms with Crippen molar-refractivity contribution in [1.82, 2.24) is 29.5 Å². The summed E-state index contributed by atoms with van der Waals surface area (Å²) in [5.74, 6) is -1.24. The molecule has 11 heteroatoms. The summed E-state index contributed by atoms with van der Waals surface area (Å²) in [5, 5.41) is 7.87. The van der Waals surface area contributed by atoms with Crippen molar-refractivity contribution < 1.29 is 13.6 Å². The van der Waals surface area contributed by atoms with E-state index in [9.17, 15) is 13.6 Å². The lowest BCUT2D eigenvalue weighted by atomic mass is 10.1. The summed E-state index contributed by atoms with van der Waals surface area (Å²) in [6.45, 7) is 10.0. The minimum absolute atomic E-state index is 0.127. The number of likely N-dealkylation sites (tertiary alicyclic amines) is 1. The van der Waals surface area contributed by atoms with Crippen molar-refractivity contribution in [2.24, 2.45) is 7.05 Å². The van der Waals surface area contributed by atoms with E-state index >= 15 is 0 Å². The van der Waals surface area contributed by atoms with Gasteiger partial charge < -0.3 is 10.2 Å². The standard InChI is InChI=1S/C26H24ClF2N7O/c1-14-23(26(37)35-9-5-6-16(13-35)30-2)32-25(15-7-8-20(31-3)19(28)10-15)36(14)22-11-17-21(12-18(22)27)33-34(4)24(17)29/h7-8,10-12,16,30H,5-6,9,13H2,1-2,4H3/t16-/m1/s1. The lowest BCUT2D eigenvalue weighted by molar-refractivity contribution is 0.0692. The number of likely N-dealkylation sites (N-methyl/N-ethyl adjacent to an activating group) is 1. The van der Waals surface area contributed by atoms with Crippen LogP contribution in [0.2, 0.25) is 5.02 Å². The highest BCUT2D eigenvalue weighted by molar-refractivity contribution is 6.33. The predicted octanol–water partition coefficient (Wildman–Crippen LogP) is 5.04. The maximum atomic E-state index is 14.8. The third-order valence-electron chi connectivity index (χ3n) is 6.82. The summed E-state index contributed by atoms with van der Waals surface area (Å²) >= 11 is 6.65. The summed E-state index contributed by atoms with van der Waals surface area (Å²) in [6.07, 6.45) is 1.83. The Morgan fingerprint density at radius 2 is 2.05 bits per heavy atom. The highest BCUT2D eigenvalue weighted by Crippen LogP contribution is 2.35. The molecule has 0 unspecified atom stereocenters. The molecule has 1 N–H and O–H groups in total. The molecular formula is C26H24ClF2N7O. The Kier molecular flexibility index (Phi) is 6.43. The lowest BCUT2D eigenvalue weighted by Gasteiger charge is -2.32. The molecule has 0 radical (unpaired) electrons. The second-order valence-corrected chi connectivity index (χ2v) is 9.50. The van der Waals surface area contributed by atoms with Crippen LogP contribution in [0.25, 0.3) is 32.8 Å². The third-order valence-corrected chi connectivity index (χ3v) is 7.13. The molecule has 5 rings (SSSR count). The highest BCUT2D eigenvalue weighted by atomic mass is 35.5. The number of hydrogen-bond acceptors (Lipinski definition) is 4. The van der Waals surface area contributed by atoms with Crippen LogP contribution in [-0.2, 0) is 7.05 Å². The van der Waals surface area contributed by atoms with Crippen molar-refractivity contribution in [2.45, 2.75) is 25.8 Å². The topological polar surface area (TPSA) is 72.3 Å². The SMILES string of the molecule is [C-]#[N+]c1ccc(-c2nc(C(=O)N3CCC[C@@H](NC)C3)c(C)n2-c2cc3c(F)n(C)nc3cc2Cl)cc1F. The Morgan fingerprint density at radius 1 is 1.27 bits per heavy atom. The molecule has 0 spiro atoms. The van der Waals surface area contributed by atoms with Gasteiger partial charge in [-0.2, -0.15) is 9.49 Å². The zero-order valence-corrected chi connectivity index (χ0v) is 21.3. The molecule has 0 bridgehead atoms. The number of aryl methyl sites for hydroxylation is 1. The van der Waals surface area contributed by atoms with Gasteiger partial charge >= 0.3 is 0 Å². The van der Waals surface area contributed by atoms with Crippen LogP contribution in [0.5, 0.6) is 0 Å². The van der Waals surface area contributed by atoms with Crippen molar-refractivity contribution in [3.05, 3.63) is 69.9 Å². The van der Waals surface area contributed by atoms with Gasteiger partial charge in [0.2, 0.25) is 11.6 Å². The fraction of sp³-hybridized carbons (Fsp3) is 0.308. The van der Waals surface area contributed by atoms with Gasteiger partial charge in [0.15, 0.2) is 0 Å². The van der Waals surface area contributed by atoms with Crippen LogP contribution in [0.1, 0.15) is 29.0 Å². The quantitative estimate of drug-likeness (QED) is 0.380. The number of benzene rings is 2. The van der Waals surface area contributed by atoms with Crippen molar-refractivity contribution in [3.63, 3.8) is 0 Å². The third kappa shape index (κ3) is 4.24. The van der Waals surface area contributed by atoms with Crippen LogP contribution in [-0.4, -0.2) is 56.3 Å². The molecule has 1 saturated heterocycles. The first kappa shape index (κ1) is 24.9. The van der Waals surface area contributed by atoms with Gasteiger partial charge in [-0.1, -0.05) is 23.7 Å². The second kappa shape index (κ2) is 9.57. The molecule has 8 nitrogen and oxygen atoms in total. The molecule has 1 aliphatic rings. The van der Waals surface area contributed by atoms with Crippen LogP contribution in [0.4, 0.5) is 14.5 Å². The highest BCUT2D eigenvalue weighted by Gasteiger charge is 2.30. The number of fused-ring (bicyclic) bond motifs is 1. The summed E-state index contributed by atoms with van der Waals surface area (Å²) in [7, 11) is 3.36. The van der Waals surface area contributed by atoms with E-state index in [-0.39, 0.29) is 39.6 Å². The molecule has 0 saturated carbocycles. The van der Waals surface area contributed by atoms with Crippen LogP contribution in [0, 0.1) is 25.3 Å². The molecular weight excluding hydrogens is 500 g/mol. The van der Waals surface area contributed by atoms with Crippen LogP contribution in [0.15, 0.2) is 30.3 Å². The van der Waals surface area contributed by atoms with Gasteiger partial charge in [-0.05, 0) is 45.0 Å². The summed E-state index contributed by atoms with van der Waals surface area (Å²) in [6, 6.07) is 7.41. The Balaban J connectivity index is 1.72. The van der Waals surface area contributed by atoms with Crippen molar-refractivity contribution in [2.75, 3.05) is 20.1 Å². The average molecular weight is 524 g/mol. The van der Waals surface area contributed by atoms with Gasteiger partial charge in [0, 0.05) is 31.7 Å². The number of carbonyl (C=O) groups excluding carboxylic acids is 1.